The van der Waals surface area contributed by atoms with Crippen LogP contribution in [0.3, 0.4) is 0 Å². The first-order valence-corrected chi connectivity index (χ1v) is 12.1. The van der Waals surface area contributed by atoms with E-state index in [2.05, 4.69) is 9.62 Å². The summed E-state index contributed by atoms with van der Waals surface area (Å²) in [6, 6.07) is 9.24. The lowest BCUT2D eigenvalue weighted by molar-refractivity contribution is -0.137. The number of nitrogens with zero attached hydrogens (tertiary/aromatic N) is 1. The molecule has 2 aromatic carbocycles. The number of likely N-dealkylation sites (tertiary alicyclic amines) is 1. The molecule has 2 aromatic rings. The van der Waals surface area contributed by atoms with E-state index in [1.54, 1.807) is 0 Å². The van der Waals surface area contributed by atoms with Gasteiger partial charge in [0.05, 0.1) is 10.5 Å². The van der Waals surface area contributed by atoms with Gasteiger partial charge in [-0.25, -0.2) is 13.1 Å². The van der Waals surface area contributed by atoms with Gasteiger partial charge < -0.3 is 14.2 Å². The fourth-order valence-corrected chi connectivity index (χ4v) is 5.04. The van der Waals surface area contributed by atoms with E-state index in [1.807, 2.05) is 18.2 Å². The maximum absolute atomic E-state index is 12.9. The first-order valence-electron chi connectivity index (χ1n) is 10.6. The van der Waals surface area contributed by atoms with Crippen LogP contribution in [0.25, 0.3) is 0 Å². The molecule has 1 N–H and O–H groups in total. The Labute approximate surface area is 190 Å². The normalized spacial score (nSPS) is 18.9. The summed E-state index contributed by atoms with van der Waals surface area (Å²) in [6.07, 6.45) is -3.82. The summed E-state index contributed by atoms with van der Waals surface area (Å²) < 4.78 is 83.0. The molecule has 11 heteroatoms. The molecule has 33 heavy (non-hydrogen) atoms. The van der Waals surface area contributed by atoms with Gasteiger partial charge in [-0.15, -0.1) is 0 Å². The van der Waals surface area contributed by atoms with Crippen LogP contribution < -0.4 is 18.9 Å². The van der Waals surface area contributed by atoms with Crippen molar-refractivity contribution in [3.05, 3.63) is 48.0 Å². The Kier molecular flexibility index (Phi) is 7.01. The largest absolute Gasteiger partial charge is 0.488 e. The number of para-hydroxylation sites is 1. The highest BCUT2D eigenvalue weighted by molar-refractivity contribution is 7.89. The molecule has 0 aliphatic carbocycles. The SMILES string of the molecule is O=S(=O)(NCC1CCN(CCOc2cccc3c2OCCO3)C1)c1cccc(C(F)(F)F)c1. The van der Waals surface area contributed by atoms with E-state index in [0.29, 0.717) is 56.2 Å². The Bertz CT molecular complexity index is 1080. The van der Waals surface area contributed by atoms with Gasteiger partial charge in [0, 0.05) is 19.6 Å². The lowest BCUT2D eigenvalue weighted by Gasteiger charge is -2.22. The zero-order chi connectivity index (χ0) is 23.5. The summed E-state index contributed by atoms with van der Waals surface area (Å²) in [7, 11) is -4.03. The summed E-state index contributed by atoms with van der Waals surface area (Å²) in [5, 5.41) is 0. The van der Waals surface area contributed by atoms with Crippen LogP contribution in [-0.4, -0.2) is 59.3 Å². The van der Waals surface area contributed by atoms with Crippen LogP contribution in [0.2, 0.25) is 0 Å². The molecule has 0 radical (unpaired) electrons. The van der Waals surface area contributed by atoms with Crippen molar-refractivity contribution in [1.82, 2.24) is 9.62 Å². The number of nitrogens with one attached hydrogen (secondary N) is 1. The van der Waals surface area contributed by atoms with Gasteiger partial charge >= 0.3 is 6.18 Å². The smallest absolute Gasteiger partial charge is 0.416 e. The first kappa shape index (κ1) is 23.7. The van der Waals surface area contributed by atoms with E-state index in [0.717, 1.165) is 31.2 Å². The maximum atomic E-state index is 12.9. The molecule has 1 unspecified atom stereocenters. The molecule has 2 heterocycles. The second kappa shape index (κ2) is 9.78. The van der Waals surface area contributed by atoms with Gasteiger partial charge in [-0.05, 0) is 49.2 Å². The highest BCUT2D eigenvalue weighted by atomic mass is 32.2. The number of hydrogen-bond donors (Lipinski definition) is 1. The predicted octanol–water partition coefficient (Wildman–Crippen LogP) is 3.16. The lowest BCUT2D eigenvalue weighted by atomic mass is 10.1. The van der Waals surface area contributed by atoms with Crippen molar-refractivity contribution in [1.29, 1.82) is 0 Å². The molecule has 1 fully saturated rings. The molecule has 4 rings (SSSR count). The third kappa shape index (κ3) is 5.90. The van der Waals surface area contributed by atoms with Crippen molar-refractivity contribution >= 4 is 10.0 Å². The van der Waals surface area contributed by atoms with Crippen LogP contribution in [0.5, 0.6) is 17.2 Å². The van der Waals surface area contributed by atoms with E-state index in [-0.39, 0.29) is 12.5 Å². The molecule has 2 aliphatic heterocycles. The van der Waals surface area contributed by atoms with E-state index >= 15 is 0 Å². The monoisotopic (exact) mass is 486 g/mol. The summed E-state index contributed by atoms with van der Waals surface area (Å²) in [4.78, 5) is 1.77. The summed E-state index contributed by atoms with van der Waals surface area (Å²) in [5.41, 5.74) is -0.992. The zero-order valence-corrected chi connectivity index (χ0v) is 18.6. The third-order valence-corrected chi connectivity index (χ3v) is 7.02. The van der Waals surface area contributed by atoms with E-state index < -0.39 is 26.7 Å². The number of sulfonamides is 1. The average molecular weight is 487 g/mol. The lowest BCUT2D eigenvalue weighted by Crippen LogP contribution is -2.32. The highest BCUT2D eigenvalue weighted by Crippen LogP contribution is 2.39. The van der Waals surface area contributed by atoms with Crippen LogP contribution in [0.4, 0.5) is 13.2 Å². The molecule has 0 aromatic heterocycles. The van der Waals surface area contributed by atoms with Gasteiger partial charge in [0.1, 0.15) is 19.8 Å². The second-order valence-corrected chi connectivity index (χ2v) is 9.73. The molecule has 7 nitrogen and oxygen atoms in total. The first-order chi connectivity index (χ1) is 15.7. The Hall–Kier alpha value is -2.50. The fourth-order valence-electron chi connectivity index (χ4n) is 3.88. The molecule has 1 atom stereocenters. The molecule has 0 amide bonds. The van der Waals surface area contributed by atoms with Crippen LogP contribution in [-0.2, 0) is 16.2 Å². The van der Waals surface area contributed by atoms with Gasteiger partial charge in [-0.1, -0.05) is 12.1 Å². The van der Waals surface area contributed by atoms with Crippen LogP contribution >= 0.6 is 0 Å². The maximum Gasteiger partial charge on any atom is 0.416 e. The predicted molar refractivity (Wildman–Crippen MR) is 114 cm³/mol. The van der Waals surface area contributed by atoms with Gasteiger partial charge in [-0.3, -0.25) is 4.90 Å². The summed E-state index contributed by atoms with van der Waals surface area (Å²) >= 11 is 0. The van der Waals surface area contributed by atoms with E-state index in [1.165, 1.54) is 0 Å². The molecule has 0 bridgehead atoms. The fraction of sp³-hybridized carbons (Fsp3) is 0.455. The van der Waals surface area contributed by atoms with Crippen LogP contribution in [0, 0.1) is 5.92 Å². The van der Waals surface area contributed by atoms with E-state index in [9.17, 15) is 21.6 Å². The third-order valence-electron chi connectivity index (χ3n) is 5.60. The number of benzene rings is 2. The number of hydrogen-bond acceptors (Lipinski definition) is 6. The molecule has 0 spiro atoms. The van der Waals surface area contributed by atoms with Crippen molar-refractivity contribution in [3.8, 4) is 17.2 Å². The molecule has 180 valence electrons. The Morgan fingerprint density at radius 3 is 2.73 bits per heavy atom. The second-order valence-electron chi connectivity index (χ2n) is 7.96. The molecule has 1 saturated heterocycles. The minimum absolute atomic E-state index is 0.0618. The van der Waals surface area contributed by atoms with Crippen molar-refractivity contribution in [2.45, 2.75) is 17.5 Å². The van der Waals surface area contributed by atoms with Gasteiger partial charge in [0.25, 0.3) is 0 Å². The number of rotatable bonds is 8. The molecular formula is C22H25F3N2O5S. The van der Waals surface area contributed by atoms with Crippen molar-refractivity contribution < 1.29 is 35.8 Å². The average Bonchev–Trinajstić information content (AvgIpc) is 3.25. The highest BCUT2D eigenvalue weighted by Gasteiger charge is 2.32. The Balaban J connectivity index is 1.25. The van der Waals surface area contributed by atoms with Crippen molar-refractivity contribution in [2.24, 2.45) is 5.92 Å². The minimum Gasteiger partial charge on any atom is -0.488 e. The summed E-state index contributed by atoms with van der Waals surface area (Å²) in [6.45, 7) is 3.67. The van der Waals surface area contributed by atoms with Crippen molar-refractivity contribution in [2.75, 3.05) is 46.0 Å². The minimum atomic E-state index is -4.60. The van der Waals surface area contributed by atoms with Gasteiger partial charge in [-0.2, -0.15) is 13.2 Å². The standard InChI is InChI=1S/C22H25F3N2O5S/c23-22(24,25)17-3-1-4-18(13-17)33(28,29)26-14-16-7-8-27(15-16)9-10-30-19-5-2-6-20-21(19)32-12-11-31-20/h1-6,13,16,26H,7-12,14-15H2. The Morgan fingerprint density at radius 1 is 1.12 bits per heavy atom. The number of alkyl halides is 3. The quantitative estimate of drug-likeness (QED) is 0.618. The van der Waals surface area contributed by atoms with Gasteiger partial charge in [0.15, 0.2) is 11.5 Å². The number of ether oxygens (including phenoxy) is 3. The Morgan fingerprint density at radius 2 is 1.91 bits per heavy atom. The number of halogens is 3. The van der Waals surface area contributed by atoms with Crippen LogP contribution in [0.15, 0.2) is 47.4 Å². The van der Waals surface area contributed by atoms with Crippen LogP contribution in [0.1, 0.15) is 12.0 Å². The van der Waals surface area contributed by atoms with Crippen molar-refractivity contribution in [3.63, 3.8) is 0 Å². The van der Waals surface area contributed by atoms with Gasteiger partial charge in [0.2, 0.25) is 15.8 Å². The zero-order valence-electron chi connectivity index (χ0n) is 17.8. The topological polar surface area (TPSA) is 77.1 Å². The summed E-state index contributed by atoms with van der Waals surface area (Å²) in [5.74, 6) is 1.95. The molecule has 2 aliphatic rings. The molecule has 0 saturated carbocycles. The van der Waals surface area contributed by atoms with E-state index in [4.69, 9.17) is 14.2 Å². The molecular weight excluding hydrogens is 461 g/mol. The number of fused-ring (bicyclic) bond motifs is 1.